The van der Waals surface area contributed by atoms with Gasteiger partial charge in [0.05, 0.1) is 5.88 Å². The molecule has 0 aliphatic heterocycles. The number of fused-ring (bicyclic) bond motifs is 1. The number of aromatic nitrogens is 2. The van der Waals surface area contributed by atoms with Crippen LogP contribution < -0.4 is 10.1 Å². The molecule has 2 aromatic rings. The van der Waals surface area contributed by atoms with Crippen LogP contribution in [0.2, 0.25) is 0 Å². The van der Waals surface area contributed by atoms with Gasteiger partial charge in [-0.1, -0.05) is 0 Å². The SMILES string of the molecule is Cc1c(C(F)(F)F)c(=O)[nH]c2cc(CCl)c[n+](C)c12. The van der Waals surface area contributed by atoms with Crippen molar-refractivity contribution in [2.75, 3.05) is 0 Å². The van der Waals surface area contributed by atoms with E-state index < -0.39 is 17.3 Å². The third kappa shape index (κ3) is 2.32. The van der Waals surface area contributed by atoms with Crippen molar-refractivity contribution in [3.8, 4) is 0 Å². The van der Waals surface area contributed by atoms with Gasteiger partial charge in [-0.05, 0) is 13.0 Å². The fourth-order valence-electron chi connectivity index (χ4n) is 2.24. The topological polar surface area (TPSA) is 36.7 Å². The predicted molar refractivity (Wildman–Crippen MR) is 65.0 cm³/mol. The van der Waals surface area contributed by atoms with Gasteiger partial charge in [0.2, 0.25) is 5.52 Å². The van der Waals surface area contributed by atoms with Crippen molar-refractivity contribution in [1.82, 2.24) is 4.98 Å². The van der Waals surface area contributed by atoms with Gasteiger partial charge in [-0.3, -0.25) is 4.79 Å². The molecular weight excluding hydrogens is 281 g/mol. The average molecular weight is 292 g/mol. The molecule has 102 valence electrons. The zero-order valence-corrected chi connectivity index (χ0v) is 11.0. The van der Waals surface area contributed by atoms with Gasteiger partial charge in [0, 0.05) is 11.1 Å². The van der Waals surface area contributed by atoms with Gasteiger partial charge < -0.3 is 4.98 Å². The smallest absolute Gasteiger partial charge is 0.316 e. The molecular formula is C12H11ClF3N2O+. The standard InChI is InChI=1S/C12H10ClF3N2O/c1-6-9(12(14,15)16)11(19)17-8-3-7(4-13)5-18(2)10(6)8/h3,5H,4H2,1-2H3/p+1. The van der Waals surface area contributed by atoms with Crippen LogP contribution in [-0.4, -0.2) is 4.98 Å². The average Bonchev–Trinajstić information content (AvgIpc) is 2.25. The molecule has 0 radical (unpaired) electrons. The first kappa shape index (κ1) is 13.9. The van der Waals surface area contributed by atoms with E-state index in [4.69, 9.17) is 11.6 Å². The number of halogens is 4. The summed E-state index contributed by atoms with van der Waals surface area (Å²) in [7, 11) is 1.61. The summed E-state index contributed by atoms with van der Waals surface area (Å²) in [5.74, 6) is 0.214. The molecule has 7 heteroatoms. The number of pyridine rings is 2. The summed E-state index contributed by atoms with van der Waals surface area (Å²) < 4.78 is 40.1. The molecule has 0 spiro atoms. The Kier molecular flexibility index (Phi) is 3.30. The second-order valence-electron chi connectivity index (χ2n) is 4.31. The van der Waals surface area contributed by atoms with Crippen LogP contribution >= 0.6 is 11.6 Å². The minimum atomic E-state index is -4.68. The van der Waals surface area contributed by atoms with Crippen LogP contribution in [0.4, 0.5) is 13.2 Å². The van der Waals surface area contributed by atoms with Gasteiger partial charge in [-0.15, -0.1) is 11.6 Å². The summed E-state index contributed by atoms with van der Waals surface area (Å²) in [6.07, 6.45) is -3.04. The number of rotatable bonds is 1. The van der Waals surface area contributed by atoms with Crippen LogP contribution in [0.3, 0.4) is 0 Å². The Bertz CT molecular complexity index is 707. The zero-order chi connectivity index (χ0) is 14.4. The third-order valence-electron chi connectivity index (χ3n) is 2.94. The number of H-pyrrole nitrogens is 1. The summed E-state index contributed by atoms with van der Waals surface area (Å²) >= 11 is 5.70. The van der Waals surface area contributed by atoms with E-state index in [2.05, 4.69) is 4.98 Å². The number of aromatic amines is 1. The first-order valence-corrected chi connectivity index (χ1v) is 5.97. The van der Waals surface area contributed by atoms with E-state index in [-0.39, 0.29) is 11.4 Å². The Morgan fingerprint density at radius 3 is 2.58 bits per heavy atom. The minimum Gasteiger partial charge on any atom is -0.316 e. The molecule has 0 atom stereocenters. The maximum atomic E-state index is 12.9. The summed E-state index contributed by atoms with van der Waals surface area (Å²) in [5, 5.41) is 0. The minimum absolute atomic E-state index is 0.0881. The number of nitrogens with zero attached hydrogens (tertiary/aromatic N) is 1. The van der Waals surface area contributed by atoms with E-state index in [1.807, 2.05) is 0 Å². The molecule has 0 aliphatic carbocycles. The van der Waals surface area contributed by atoms with Gasteiger partial charge >= 0.3 is 6.18 Å². The molecule has 2 heterocycles. The van der Waals surface area contributed by atoms with Crippen molar-refractivity contribution < 1.29 is 17.7 Å². The monoisotopic (exact) mass is 291 g/mol. The summed E-state index contributed by atoms with van der Waals surface area (Å²) in [6.45, 7) is 1.29. The van der Waals surface area contributed by atoms with Gasteiger partial charge in [0.15, 0.2) is 6.20 Å². The molecule has 3 nitrogen and oxygen atoms in total. The molecule has 0 unspecified atom stereocenters. The second-order valence-corrected chi connectivity index (χ2v) is 4.57. The highest BCUT2D eigenvalue weighted by atomic mass is 35.5. The quantitative estimate of drug-likeness (QED) is 0.636. The molecule has 0 saturated heterocycles. The number of hydrogen-bond acceptors (Lipinski definition) is 1. The molecule has 19 heavy (non-hydrogen) atoms. The van der Waals surface area contributed by atoms with Crippen LogP contribution in [-0.2, 0) is 19.1 Å². The van der Waals surface area contributed by atoms with Crippen LogP contribution in [0, 0.1) is 6.92 Å². The molecule has 0 saturated carbocycles. The highest BCUT2D eigenvalue weighted by Crippen LogP contribution is 2.30. The summed E-state index contributed by atoms with van der Waals surface area (Å²) in [4.78, 5) is 13.9. The lowest BCUT2D eigenvalue weighted by Crippen LogP contribution is -2.34. The van der Waals surface area contributed by atoms with Crippen molar-refractivity contribution in [2.24, 2.45) is 7.05 Å². The lowest BCUT2D eigenvalue weighted by molar-refractivity contribution is -0.645. The van der Waals surface area contributed by atoms with Crippen molar-refractivity contribution in [2.45, 2.75) is 19.0 Å². The maximum absolute atomic E-state index is 12.9. The first-order valence-electron chi connectivity index (χ1n) is 5.44. The normalized spacial score (nSPS) is 12.1. The fourth-order valence-corrected chi connectivity index (χ4v) is 2.39. The van der Waals surface area contributed by atoms with Crippen molar-refractivity contribution in [3.05, 3.63) is 39.3 Å². The highest BCUT2D eigenvalue weighted by molar-refractivity contribution is 6.17. The predicted octanol–water partition coefficient (Wildman–Crippen LogP) is 2.42. The Hall–Kier alpha value is -1.56. The van der Waals surface area contributed by atoms with Gasteiger partial charge in [-0.25, -0.2) is 0 Å². The van der Waals surface area contributed by atoms with Gasteiger partial charge in [0.25, 0.3) is 5.56 Å². The second kappa shape index (κ2) is 4.52. The van der Waals surface area contributed by atoms with Crippen molar-refractivity contribution >= 4 is 22.6 Å². The van der Waals surface area contributed by atoms with Crippen LogP contribution in [0.1, 0.15) is 16.7 Å². The number of nitrogens with one attached hydrogen (secondary N) is 1. The Labute approximate surface area is 111 Å². The fraction of sp³-hybridized carbons (Fsp3) is 0.333. The number of aryl methyl sites for hydroxylation is 2. The van der Waals surface area contributed by atoms with Crippen molar-refractivity contribution in [3.63, 3.8) is 0 Å². The Balaban J connectivity index is 2.94. The van der Waals surface area contributed by atoms with E-state index in [9.17, 15) is 18.0 Å². The largest absolute Gasteiger partial charge is 0.422 e. The molecule has 1 N–H and O–H groups in total. The Morgan fingerprint density at radius 1 is 1.42 bits per heavy atom. The van der Waals surface area contributed by atoms with Crippen molar-refractivity contribution in [1.29, 1.82) is 0 Å². The third-order valence-corrected chi connectivity index (χ3v) is 3.25. The molecule has 0 amide bonds. The molecule has 2 rings (SSSR count). The lowest BCUT2D eigenvalue weighted by atomic mass is 10.1. The van der Waals surface area contributed by atoms with E-state index >= 15 is 0 Å². The number of hydrogen-bond donors (Lipinski definition) is 1. The molecule has 0 aromatic carbocycles. The van der Waals surface area contributed by atoms with E-state index in [0.29, 0.717) is 16.6 Å². The maximum Gasteiger partial charge on any atom is 0.422 e. The van der Waals surface area contributed by atoms with E-state index in [1.54, 1.807) is 19.3 Å². The summed E-state index contributed by atoms with van der Waals surface area (Å²) in [6, 6.07) is 1.58. The first-order chi connectivity index (χ1) is 8.75. The highest BCUT2D eigenvalue weighted by Gasteiger charge is 2.38. The van der Waals surface area contributed by atoms with Crippen LogP contribution in [0.5, 0.6) is 0 Å². The van der Waals surface area contributed by atoms with E-state index in [1.165, 1.54) is 11.5 Å². The molecule has 0 bridgehead atoms. The van der Waals surface area contributed by atoms with Gasteiger partial charge in [-0.2, -0.15) is 17.7 Å². The van der Waals surface area contributed by atoms with E-state index in [0.717, 1.165) is 0 Å². The Morgan fingerprint density at radius 2 is 2.05 bits per heavy atom. The van der Waals surface area contributed by atoms with Crippen LogP contribution in [0.25, 0.3) is 11.0 Å². The number of alkyl halides is 4. The molecule has 0 fully saturated rings. The van der Waals surface area contributed by atoms with Crippen LogP contribution in [0.15, 0.2) is 17.1 Å². The lowest BCUT2D eigenvalue weighted by Gasteiger charge is -2.10. The molecule has 2 aromatic heterocycles. The molecule has 0 aliphatic rings. The summed E-state index contributed by atoms with van der Waals surface area (Å²) in [5.41, 5.74) is -0.989. The zero-order valence-electron chi connectivity index (χ0n) is 10.2. The van der Waals surface area contributed by atoms with Gasteiger partial charge in [0.1, 0.15) is 18.1 Å².